The first-order chi connectivity index (χ1) is 20.5. The van der Waals surface area contributed by atoms with E-state index in [1.54, 1.807) is 50.1 Å². The number of nitrogens with one attached hydrogen (secondary N) is 1. The van der Waals surface area contributed by atoms with E-state index in [4.69, 9.17) is 23.4 Å². The number of nitrogens with zero attached hydrogens (tertiary/aromatic N) is 2. The minimum absolute atomic E-state index is 0.0527. The molecular formula is C31H29N3O9. The number of anilines is 2. The van der Waals surface area contributed by atoms with Gasteiger partial charge in [0.05, 0.1) is 42.8 Å². The summed E-state index contributed by atoms with van der Waals surface area (Å²) in [6.07, 6.45) is 1.38. The molecule has 0 saturated heterocycles. The van der Waals surface area contributed by atoms with Crippen molar-refractivity contribution in [3.05, 3.63) is 88.4 Å². The number of esters is 1. The number of nitro groups is 1. The first-order valence-corrected chi connectivity index (χ1v) is 13.2. The highest BCUT2D eigenvalue weighted by molar-refractivity contribution is 6.08. The van der Waals surface area contributed by atoms with E-state index in [9.17, 15) is 19.7 Å². The monoisotopic (exact) mass is 587 g/mol. The molecule has 0 bridgehead atoms. The molecule has 12 heteroatoms. The third-order valence-corrected chi connectivity index (χ3v) is 7.03. The van der Waals surface area contributed by atoms with Crippen molar-refractivity contribution in [3.8, 4) is 34.1 Å². The van der Waals surface area contributed by atoms with Crippen molar-refractivity contribution in [2.45, 2.75) is 26.0 Å². The molecule has 1 aliphatic rings. The highest BCUT2D eigenvalue weighted by atomic mass is 16.6. The quantitative estimate of drug-likeness (QED) is 0.110. The van der Waals surface area contributed by atoms with Crippen LogP contribution in [0.5, 0.6) is 23.0 Å². The molecule has 1 N–H and O–H groups in total. The molecule has 12 nitrogen and oxygen atoms in total. The molecule has 0 fully saturated rings. The molecule has 0 atom stereocenters. The lowest BCUT2D eigenvalue weighted by molar-refractivity contribution is -0.385. The SMILES string of the molecule is COc1ccc([N+](=O)[O-])cc1OCc1c(-c2ccc(OC(=O)c3ccco3)cc2OC)ccc2c1N(C)C(=O)C(C)(C)N2. The first kappa shape index (κ1) is 29.0. The zero-order chi connectivity index (χ0) is 30.9. The lowest BCUT2D eigenvalue weighted by atomic mass is 9.91. The number of benzene rings is 3. The van der Waals surface area contributed by atoms with Crippen molar-refractivity contribution >= 4 is 28.9 Å². The third-order valence-electron chi connectivity index (χ3n) is 7.03. The highest BCUT2D eigenvalue weighted by Crippen LogP contribution is 2.45. The Morgan fingerprint density at radius 3 is 2.42 bits per heavy atom. The number of carbonyl (C=O) groups is 2. The topological polar surface area (TPSA) is 143 Å². The lowest BCUT2D eigenvalue weighted by Gasteiger charge is -2.39. The summed E-state index contributed by atoms with van der Waals surface area (Å²) in [4.78, 5) is 38.2. The van der Waals surface area contributed by atoms with Crippen LogP contribution in [0.3, 0.4) is 0 Å². The van der Waals surface area contributed by atoms with Crippen molar-refractivity contribution in [3.63, 3.8) is 0 Å². The Morgan fingerprint density at radius 1 is 1.00 bits per heavy atom. The maximum Gasteiger partial charge on any atom is 0.379 e. The molecule has 5 rings (SSSR count). The largest absolute Gasteiger partial charge is 0.496 e. The summed E-state index contributed by atoms with van der Waals surface area (Å²) in [5, 5.41) is 14.7. The molecule has 0 unspecified atom stereocenters. The average molecular weight is 588 g/mol. The molecule has 2 heterocycles. The predicted molar refractivity (Wildman–Crippen MR) is 157 cm³/mol. The van der Waals surface area contributed by atoms with E-state index in [1.807, 2.05) is 12.1 Å². The van der Waals surface area contributed by atoms with E-state index >= 15 is 0 Å². The van der Waals surface area contributed by atoms with Gasteiger partial charge in [0.15, 0.2) is 11.5 Å². The van der Waals surface area contributed by atoms with Crippen LogP contribution in [0.15, 0.2) is 71.3 Å². The summed E-state index contributed by atoms with van der Waals surface area (Å²) in [6, 6.07) is 15.8. The summed E-state index contributed by atoms with van der Waals surface area (Å²) in [5.74, 6) is 0.302. The van der Waals surface area contributed by atoms with Crippen molar-refractivity contribution in [1.29, 1.82) is 0 Å². The van der Waals surface area contributed by atoms with Gasteiger partial charge in [-0.1, -0.05) is 6.07 Å². The first-order valence-electron chi connectivity index (χ1n) is 13.2. The molecule has 43 heavy (non-hydrogen) atoms. The van der Waals surface area contributed by atoms with E-state index in [2.05, 4.69) is 5.32 Å². The Hall–Kier alpha value is -5.52. The van der Waals surface area contributed by atoms with E-state index in [0.717, 1.165) is 0 Å². The fourth-order valence-corrected chi connectivity index (χ4v) is 4.98. The number of methoxy groups -OCH3 is 2. The second-order valence-electron chi connectivity index (χ2n) is 10.2. The number of non-ortho nitro benzene ring substituents is 1. The van der Waals surface area contributed by atoms with Crippen LogP contribution in [0, 0.1) is 10.1 Å². The van der Waals surface area contributed by atoms with Crippen molar-refractivity contribution < 1.29 is 37.9 Å². The number of furan rings is 1. The van der Waals surface area contributed by atoms with Gasteiger partial charge in [-0.25, -0.2) is 4.79 Å². The molecule has 0 spiro atoms. The Bertz CT molecular complexity index is 1710. The number of hydrogen-bond acceptors (Lipinski definition) is 10. The lowest BCUT2D eigenvalue weighted by Crippen LogP contribution is -2.52. The van der Waals surface area contributed by atoms with Gasteiger partial charge in [0.2, 0.25) is 5.76 Å². The zero-order valence-electron chi connectivity index (χ0n) is 24.1. The second kappa shape index (κ2) is 11.4. The fourth-order valence-electron chi connectivity index (χ4n) is 4.98. The van der Waals surface area contributed by atoms with Crippen LogP contribution in [0.2, 0.25) is 0 Å². The van der Waals surface area contributed by atoms with Gasteiger partial charge in [-0.2, -0.15) is 0 Å². The van der Waals surface area contributed by atoms with E-state index < -0.39 is 16.4 Å². The number of fused-ring (bicyclic) bond motifs is 1. The molecule has 222 valence electrons. The van der Waals surface area contributed by atoms with E-state index in [0.29, 0.717) is 39.6 Å². The minimum atomic E-state index is -0.859. The normalized spacial score (nSPS) is 13.5. The van der Waals surface area contributed by atoms with Crippen LogP contribution in [-0.2, 0) is 11.4 Å². The maximum atomic E-state index is 13.3. The molecule has 1 aliphatic heterocycles. The van der Waals surface area contributed by atoms with Gasteiger partial charge in [0, 0.05) is 30.3 Å². The van der Waals surface area contributed by atoms with Gasteiger partial charge in [0.1, 0.15) is 23.6 Å². The van der Waals surface area contributed by atoms with Crippen LogP contribution in [0.1, 0.15) is 30.0 Å². The maximum absolute atomic E-state index is 13.3. The summed E-state index contributed by atoms with van der Waals surface area (Å²) in [7, 11) is 4.60. The molecular weight excluding hydrogens is 558 g/mol. The van der Waals surface area contributed by atoms with E-state index in [1.165, 1.54) is 44.7 Å². The standard InChI is InChI=1S/C31H29N3O9/c1-31(2)30(36)33(3)28-22(17-42-27-15-18(34(37)38)8-13-24(27)39-4)20(11-12-23(28)32-31)21-10-9-19(16-26(21)40-5)43-29(35)25-7-6-14-41-25/h6-16,32H,17H2,1-5H3. The highest BCUT2D eigenvalue weighted by Gasteiger charge is 2.39. The van der Waals surface area contributed by atoms with Crippen LogP contribution >= 0.6 is 0 Å². The number of amides is 1. The van der Waals surface area contributed by atoms with Crippen LogP contribution in [0.25, 0.3) is 11.1 Å². The van der Waals surface area contributed by atoms with Crippen LogP contribution in [0.4, 0.5) is 17.1 Å². The Balaban J connectivity index is 1.60. The summed E-state index contributed by atoms with van der Waals surface area (Å²) >= 11 is 0. The number of hydrogen-bond donors (Lipinski definition) is 1. The average Bonchev–Trinajstić information content (AvgIpc) is 3.54. The Kier molecular flexibility index (Phi) is 7.68. The zero-order valence-corrected chi connectivity index (χ0v) is 24.1. The van der Waals surface area contributed by atoms with Gasteiger partial charge in [0.25, 0.3) is 11.6 Å². The third kappa shape index (κ3) is 5.54. The number of likely N-dealkylation sites (N-methyl/N-ethyl adjacent to an activating group) is 1. The number of rotatable bonds is 9. The number of nitro benzene ring substituents is 1. The molecule has 3 aromatic carbocycles. The van der Waals surface area contributed by atoms with Crippen molar-refractivity contribution in [2.24, 2.45) is 0 Å². The van der Waals surface area contributed by atoms with Crippen molar-refractivity contribution in [2.75, 3.05) is 31.5 Å². The molecule has 0 radical (unpaired) electrons. The van der Waals surface area contributed by atoms with Crippen molar-refractivity contribution in [1.82, 2.24) is 0 Å². The van der Waals surface area contributed by atoms with Gasteiger partial charge in [-0.3, -0.25) is 14.9 Å². The molecule has 1 aromatic heterocycles. The van der Waals surface area contributed by atoms with Gasteiger partial charge in [-0.05, 0) is 55.8 Å². The molecule has 1 amide bonds. The predicted octanol–water partition coefficient (Wildman–Crippen LogP) is 5.84. The summed E-state index contributed by atoms with van der Waals surface area (Å²) in [6.45, 7) is 3.49. The Labute approximate surface area is 246 Å². The number of carbonyl (C=O) groups excluding carboxylic acids is 2. The van der Waals surface area contributed by atoms with Crippen LogP contribution < -0.4 is 29.2 Å². The molecule has 4 aromatic rings. The van der Waals surface area contributed by atoms with Gasteiger partial charge >= 0.3 is 5.97 Å². The number of ether oxygens (including phenoxy) is 4. The van der Waals surface area contributed by atoms with Crippen LogP contribution in [-0.4, -0.2) is 43.6 Å². The smallest absolute Gasteiger partial charge is 0.379 e. The fraction of sp³-hybridized carbons (Fsp3) is 0.226. The Morgan fingerprint density at radius 2 is 1.74 bits per heavy atom. The molecule has 0 saturated carbocycles. The summed E-state index contributed by atoms with van der Waals surface area (Å²) in [5.41, 5.74) is 2.13. The van der Waals surface area contributed by atoms with Gasteiger partial charge < -0.3 is 33.6 Å². The second-order valence-corrected chi connectivity index (χ2v) is 10.2. The summed E-state index contributed by atoms with van der Waals surface area (Å²) < 4.78 is 27.8. The minimum Gasteiger partial charge on any atom is -0.496 e. The van der Waals surface area contributed by atoms with E-state index in [-0.39, 0.29) is 35.5 Å². The van der Waals surface area contributed by atoms with Gasteiger partial charge in [-0.15, -0.1) is 0 Å². The molecule has 0 aliphatic carbocycles.